The minimum atomic E-state index is -1.83. The molecule has 0 heterocycles. The lowest BCUT2D eigenvalue weighted by Gasteiger charge is -1.93. The quantitative estimate of drug-likeness (QED) is 0.290. The first kappa shape index (κ1) is 25.3. The second-order valence-corrected chi connectivity index (χ2v) is 2.46. The van der Waals surface area contributed by atoms with Crippen LogP contribution < -0.4 is 0 Å². The number of carbonyl (C=O) groups is 2. The van der Waals surface area contributed by atoms with Gasteiger partial charge in [-0.3, -0.25) is 5.26 Å². The standard InChI is InChI=1S/C6H14O2.C2H6.2CH2O3/c1-2-3-4-5-6-8-7;1-2;2*2-1(3)4/h7H,2-6H2,1H3;1-2H3;2*(H2,2,3,4). The Labute approximate surface area is 106 Å². The summed E-state index contributed by atoms with van der Waals surface area (Å²) in [5.74, 6) is 0. The molecular formula is C10H24O8. The predicted octanol–water partition coefficient (Wildman–Crippen LogP) is 3.53. The molecule has 0 unspecified atom stereocenters. The van der Waals surface area contributed by atoms with Gasteiger partial charge in [-0.2, -0.15) is 0 Å². The van der Waals surface area contributed by atoms with Gasteiger partial charge < -0.3 is 20.4 Å². The highest BCUT2D eigenvalue weighted by atomic mass is 17.1. The lowest BCUT2D eigenvalue weighted by Crippen LogP contribution is -1.87. The van der Waals surface area contributed by atoms with E-state index >= 15 is 0 Å². The Morgan fingerprint density at radius 3 is 1.44 bits per heavy atom. The van der Waals surface area contributed by atoms with Gasteiger partial charge in [0, 0.05) is 0 Å². The average molecular weight is 272 g/mol. The zero-order valence-corrected chi connectivity index (χ0v) is 11.0. The Balaban J connectivity index is -0.0000000834. The van der Waals surface area contributed by atoms with Gasteiger partial charge in [0.1, 0.15) is 0 Å². The predicted molar refractivity (Wildman–Crippen MR) is 65.4 cm³/mol. The van der Waals surface area contributed by atoms with Crippen LogP contribution in [0.15, 0.2) is 0 Å². The van der Waals surface area contributed by atoms with E-state index in [4.69, 9.17) is 35.3 Å². The van der Waals surface area contributed by atoms with Gasteiger partial charge in [-0.05, 0) is 6.42 Å². The van der Waals surface area contributed by atoms with Crippen LogP contribution >= 0.6 is 0 Å². The lowest BCUT2D eigenvalue weighted by atomic mass is 10.2. The van der Waals surface area contributed by atoms with Gasteiger partial charge in [-0.1, -0.05) is 40.0 Å². The molecule has 0 aromatic heterocycles. The molecule has 0 aliphatic rings. The molecule has 0 aromatic carbocycles. The number of carboxylic acid groups (broad SMARTS) is 4. The van der Waals surface area contributed by atoms with Gasteiger partial charge in [0.2, 0.25) is 0 Å². The molecule has 8 nitrogen and oxygen atoms in total. The maximum absolute atomic E-state index is 8.56. The van der Waals surface area contributed by atoms with Gasteiger partial charge >= 0.3 is 12.3 Å². The van der Waals surface area contributed by atoms with Gasteiger partial charge in [0.25, 0.3) is 0 Å². The van der Waals surface area contributed by atoms with E-state index in [0.29, 0.717) is 6.61 Å². The third-order valence-electron chi connectivity index (χ3n) is 1.09. The Kier molecular flexibility index (Phi) is 41.6. The topological polar surface area (TPSA) is 145 Å². The van der Waals surface area contributed by atoms with Crippen LogP contribution in [0.3, 0.4) is 0 Å². The molecule has 112 valence electrons. The Morgan fingerprint density at radius 2 is 1.22 bits per heavy atom. The molecule has 0 aromatic rings. The fourth-order valence-corrected chi connectivity index (χ4v) is 0.593. The summed E-state index contributed by atoms with van der Waals surface area (Å²) in [4.78, 5) is 21.0. The van der Waals surface area contributed by atoms with E-state index in [9.17, 15) is 0 Å². The summed E-state index contributed by atoms with van der Waals surface area (Å²) in [5.41, 5.74) is 0. The summed E-state index contributed by atoms with van der Waals surface area (Å²) in [7, 11) is 0. The molecule has 0 saturated carbocycles. The van der Waals surface area contributed by atoms with Crippen LogP contribution in [0.1, 0.15) is 46.5 Å². The van der Waals surface area contributed by atoms with E-state index in [1.165, 1.54) is 12.8 Å². The first-order valence-corrected chi connectivity index (χ1v) is 5.48. The largest absolute Gasteiger partial charge is 0.503 e. The number of hydrogen-bond donors (Lipinski definition) is 5. The minimum Gasteiger partial charge on any atom is -0.450 e. The molecule has 0 fully saturated rings. The summed E-state index contributed by atoms with van der Waals surface area (Å²) < 4.78 is 0. The molecule has 5 N–H and O–H groups in total. The molecule has 8 heteroatoms. The van der Waals surface area contributed by atoms with Crippen LogP contribution in [0, 0.1) is 0 Å². The molecule has 0 bridgehead atoms. The Morgan fingerprint density at radius 1 is 0.889 bits per heavy atom. The SMILES string of the molecule is CC.CCCCCCOO.O=C(O)O.O=C(O)O. The molecule has 0 radical (unpaired) electrons. The number of rotatable bonds is 5. The van der Waals surface area contributed by atoms with Crippen LogP contribution in [-0.4, -0.2) is 44.6 Å². The molecule has 0 saturated heterocycles. The zero-order valence-electron chi connectivity index (χ0n) is 11.0. The summed E-state index contributed by atoms with van der Waals surface area (Å²) in [5, 5.41) is 35.8. The maximum atomic E-state index is 8.56. The van der Waals surface area contributed by atoms with E-state index in [1.54, 1.807) is 0 Å². The van der Waals surface area contributed by atoms with Crippen molar-refractivity contribution in [3.05, 3.63) is 0 Å². The highest BCUT2D eigenvalue weighted by Gasteiger charge is 1.84. The van der Waals surface area contributed by atoms with E-state index in [1.807, 2.05) is 13.8 Å². The van der Waals surface area contributed by atoms with Gasteiger partial charge in [-0.15, -0.1) is 0 Å². The van der Waals surface area contributed by atoms with Gasteiger partial charge in [0.05, 0.1) is 6.61 Å². The molecular weight excluding hydrogens is 248 g/mol. The van der Waals surface area contributed by atoms with Crippen LogP contribution in [0.4, 0.5) is 9.59 Å². The lowest BCUT2D eigenvalue weighted by molar-refractivity contribution is -0.242. The van der Waals surface area contributed by atoms with Crippen LogP contribution in [0.25, 0.3) is 0 Å². The molecule has 0 amide bonds. The van der Waals surface area contributed by atoms with Crippen LogP contribution in [0.2, 0.25) is 0 Å². The van der Waals surface area contributed by atoms with Crippen molar-refractivity contribution < 1.29 is 40.2 Å². The van der Waals surface area contributed by atoms with Crippen molar-refractivity contribution in [3.63, 3.8) is 0 Å². The number of unbranched alkanes of at least 4 members (excludes halogenated alkanes) is 3. The summed E-state index contributed by atoms with van der Waals surface area (Å²) in [6.45, 7) is 6.64. The van der Waals surface area contributed by atoms with Crippen molar-refractivity contribution in [3.8, 4) is 0 Å². The molecule has 0 aliphatic heterocycles. The molecule has 0 spiro atoms. The third kappa shape index (κ3) is 219. The van der Waals surface area contributed by atoms with Crippen molar-refractivity contribution in [1.29, 1.82) is 0 Å². The van der Waals surface area contributed by atoms with E-state index < -0.39 is 12.3 Å². The monoisotopic (exact) mass is 272 g/mol. The van der Waals surface area contributed by atoms with Crippen molar-refractivity contribution in [2.45, 2.75) is 46.5 Å². The third-order valence-corrected chi connectivity index (χ3v) is 1.09. The minimum absolute atomic E-state index is 0.486. The first-order valence-electron chi connectivity index (χ1n) is 5.48. The van der Waals surface area contributed by atoms with Crippen molar-refractivity contribution in [1.82, 2.24) is 0 Å². The second kappa shape index (κ2) is 29.5. The summed E-state index contributed by atoms with van der Waals surface area (Å²) >= 11 is 0. The van der Waals surface area contributed by atoms with Crippen molar-refractivity contribution in [2.24, 2.45) is 0 Å². The Bertz CT molecular complexity index is 134. The van der Waals surface area contributed by atoms with E-state index in [0.717, 1.165) is 12.8 Å². The van der Waals surface area contributed by atoms with Crippen molar-refractivity contribution >= 4 is 12.3 Å². The fourth-order valence-electron chi connectivity index (χ4n) is 0.593. The first-order chi connectivity index (χ1) is 8.38. The zero-order chi connectivity index (χ0) is 15.4. The van der Waals surface area contributed by atoms with Crippen LogP contribution in [0.5, 0.6) is 0 Å². The highest BCUT2D eigenvalue weighted by molar-refractivity contribution is 5.53. The molecule has 0 rings (SSSR count). The van der Waals surface area contributed by atoms with Gasteiger partial charge in [0.15, 0.2) is 0 Å². The normalized spacial score (nSPS) is 7.33. The van der Waals surface area contributed by atoms with E-state index in [2.05, 4.69) is 11.8 Å². The molecule has 0 atom stereocenters. The van der Waals surface area contributed by atoms with Crippen molar-refractivity contribution in [2.75, 3.05) is 6.61 Å². The fraction of sp³-hybridized carbons (Fsp3) is 0.800. The van der Waals surface area contributed by atoms with Crippen LogP contribution in [-0.2, 0) is 4.89 Å². The Hall–Kier alpha value is -1.54. The summed E-state index contributed by atoms with van der Waals surface area (Å²) in [6.07, 6.45) is 0.941. The molecule has 0 aliphatic carbocycles. The van der Waals surface area contributed by atoms with E-state index in [-0.39, 0.29) is 0 Å². The van der Waals surface area contributed by atoms with Gasteiger partial charge in [-0.25, -0.2) is 14.5 Å². The maximum Gasteiger partial charge on any atom is 0.503 e. The smallest absolute Gasteiger partial charge is 0.450 e. The molecule has 18 heavy (non-hydrogen) atoms. The number of hydrogen-bond acceptors (Lipinski definition) is 4. The summed E-state index contributed by atoms with van der Waals surface area (Å²) in [6, 6.07) is 0. The second-order valence-electron chi connectivity index (χ2n) is 2.46. The average Bonchev–Trinajstić information content (AvgIpc) is 2.26. The highest BCUT2D eigenvalue weighted by Crippen LogP contribution is 1.97.